The maximum atomic E-state index is 14.6. The van der Waals surface area contributed by atoms with Gasteiger partial charge in [-0.15, -0.1) is 22.7 Å². The fourth-order valence-electron chi connectivity index (χ4n) is 3.59. The van der Waals surface area contributed by atoms with Crippen molar-refractivity contribution in [2.75, 3.05) is 0 Å². The Balaban J connectivity index is 1.73. The van der Waals surface area contributed by atoms with Crippen molar-refractivity contribution < 1.29 is 26.7 Å². The van der Waals surface area contributed by atoms with Gasteiger partial charge in [-0.3, -0.25) is 18.7 Å². The molecule has 0 fully saturated rings. The zero-order valence-corrected chi connectivity index (χ0v) is 19.9. The highest BCUT2D eigenvalue weighted by atomic mass is 32.1. The Morgan fingerprint density at radius 2 is 1.69 bits per heavy atom. The van der Waals surface area contributed by atoms with Crippen molar-refractivity contribution in [1.82, 2.24) is 13.7 Å². The fourth-order valence-corrected chi connectivity index (χ4v) is 5.53. The van der Waals surface area contributed by atoms with Gasteiger partial charge in [-0.05, 0) is 23.1 Å². The van der Waals surface area contributed by atoms with Gasteiger partial charge in [0, 0.05) is 32.1 Å². The van der Waals surface area contributed by atoms with Crippen LogP contribution in [0.15, 0.2) is 37.5 Å². The van der Waals surface area contributed by atoms with Crippen LogP contribution in [0.25, 0.3) is 21.5 Å². The third-order valence-corrected chi connectivity index (χ3v) is 7.40. The maximum Gasteiger partial charge on any atom is 0.422 e. The molecule has 0 aliphatic rings. The van der Waals surface area contributed by atoms with E-state index in [1.54, 1.807) is 5.38 Å². The molecule has 184 valence electrons. The standard InChI is InChI=1S/C21H15F5N4O3S2/c1-28-12(10-4-5-11(22)15(16(10)23)21(24,25)26)8-35-19(28)27-13(31)6-9-7-34-18-14(9)17(32)29(2)20(33)30(18)3/h4-5,7-8H,6H2,1-3H3. The van der Waals surface area contributed by atoms with Crippen LogP contribution in [-0.4, -0.2) is 19.6 Å². The number of hydrogen-bond acceptors (Lipinski definition) is 5. The molecular formula is C21H15F5N4O3S2. The first-order chi connectivity index (χ1) is 16.3. The van der Waals surface area contributed by atoms with Gasteiger partial charge in [0.05, 0.1) is 17.5 Å². The van der Waals surface area contributed by atoms with Crippen molar-refractivity contribution >= 4 is 38.8 Å². The van der Waals surface area contributed by atoms with Gasteiger partial charge >= 0.3 is 11.9 Å². The largest absolute Gasteiger partial charge is 0.422 e. The van der Waals surface area contributed by atoms with Gasteiger partial charge < -0.3 is 4.57 Å². The Morgan fingerprint density at radius 1 is 1.00 bits per heavy atom. The molecule has 1 amide bonds. The number of thiazole rings is 1. The number of halogens is 5. The van der Waals surface area contributed by atoms with Crippen molar-refractivity contribution in [2.24, 2.45) is 26.1 Å². The molecule has 0 spiro atoms. The number of hydrogen-bond donors (Lipinski definition) is 0. The number of amides is 1. The van der Waals surface area contributed by atoms with Crippen LogP contribution < -0.4 is 16.1 Å². The average molecular weight is 531 g/mol. The molecule has 3 aromatic heterocycles. The minimum absolute atomic E-state index is 0.0330. The highest BCUT2D eigenvalue weighted by Gasteiger charge is 2.39. The summed E-state index contributed by atoms with van der Waals surface area (Å²) in [6.07, 6.45) is -5.50. The lowest BCUT2D eigenvalue weighted by atomic mass is 10.1. The highest BCUT2D eigenvalue weighted by Crippen LogP contribution is 2.37. The molecule has 1 aromatic carbocycles. The number of aryl methyl sites for hydroxylation is 1. The minimum Gasteiger partial charge on any atom is -0.319 e. The predicted molar refractivity (Wildman–Crippen MR) is 120 cm³/mol. The van der Waals surface area contributed by atoms with E-state index < -0.39 is 46.1 Å². The summed E-state index contributed by atoms with van der Waals surface area (Å²) in [7, 11) is 4.20. The second-order valence-corrected chi connectivity index (χ2v) is 9.27. The zero-order chi connectivity index (χ0) is 25.8. The third-order valence-electron chi connectivity index (χ3n) is 5.38. The number of thiophene rings is 1. The van der Waals surface area contributed by atoms with Crippen LogP contribution in [0.3, 0.4) is 0 Å². The van der Waals surface area contributed by atoms with Crippen molar-refractivity contribution in [3.8, 4) is 11.3 Å². The number of benzene rings is 1. The summed E-state index contributed by atoms with van der Waals surface area (Å²) in [6.45, 7) is 0. The lowest BCUT2D eigenvalue weighted by molar-refractivity contribution is -0.142. The Hall–Kier alpha value is -3.39. The highest BCUT2D eigenvalue weighted by molar-refractivity contribution is 7.17. The van der Waals surface area contributed by atoms with E-state index >= 15 is 0 Å². The van der Waals surface area contributed by atoms with Crippen LogP contribution in [0.1, 0.15) is 11.1 Å². The number of nitrogens with zero attached hydrogens (tertiary/aromatic N) is 4. The molecule has 0 saturated carbocycles. The van der Waals surface area contributed by atoms with Crippen LogP contribution in [0.2, 0.25) is 0 Å². The molecule has 0 atom stereocenters. The average Bonchev–Trinajstić information content (AvgIpc) is 3.34. The van der Waals surface area contributed by atoms with Crippen molar-refractivity contribution in [3.63, 3.8) is 0 Å². The summed E-state index contributed by atoms with van der Waals surface area (Å²) in [5.74, 6) is -4.17. The second kappa shape index (κ2) is 8.68. The monoisotopic (exact) mass is 530 g/mol. The van der Waals surface area contributed by atoms with Gasteiger partial charge in [-0.25, -0.2) is 13.6 Å². The predicted octanol–water partition coefficient (Wildman–Crippen LogP) is 3.33. The SMILES string of the molecule is Cn1c(-c2ccc(F)c(C(F)(F)F)c2F)csc1=NC(=O)Cc1csc2c1c(=O)n(C)c(=O)n2C. The van der Waals surface area contributed by atoms with Crippen LogP contribution >= 0.6 is 22.7 Å². The fraction of sp³-hybridized carbons (Fsp3) is 0.238. The van der Waals surface area contributed by atoms with Gasteiger partial charge in [-0.2, -0.15) is 18.2 Å². The molecule has 0 aliphatic carbocycles. The Morgan fingerprint density at radius 3 is 2.34 bits per heavy atom. The van der Waals surface area contributed by atoms with E-state index in [1.165, 1.54) is 35.7 Å². The Labute approximate surface area is 200 Å². The normalized spacial score (nSPS) is 12.6. The number of fused-ring (bicyclic) bond motifs is 1. The molecule has 0 bridgehead atoms. The first kappa shape index (κ1) is 24.7. The quantitative estimate of drug-likeness (QED) is 0.382. The van der Waals surface area contributed by atoms with Crippen molar-refractivity contribution in [2.45, 2.75) is 12.6 Å². The Kier molecular flexibility index (Phi) is 6.13. The second-order valence-electron chi connectivity index (χ2n) is 7.57. The van der Waals surface area contributed by atoms with Gasteiger partial charge in [0.2, 0.25) is 0 Å². The van der Waals surface area contributed by atoms with E-state index in [0.717, 1.165) is 33.3 Å². The Bertz CT molecular complexity index is 1690. The van der Waals surface area contributed by atoms with Gasteiger partial charge in [0.1, 0.15) is 22.0 Å². The number of carbonyl (C=O) groups excluding carboxylic acids is 1. The summed E-state index contributed by atoms with van der Waals surface area (Å²) in [5.41, 5.74) is -3.23. The molecule has 0 radical (unpaired) electrons. The van der Waals surface area contributed by atoms with Gasteiger partial charge in [0.25, 0.3) is 11.5 Å². The topological polar surface area (TPSA) is 78.4 Å². The molecule has 0 N–H and O–H groups in total. The van der Waals surface area contributed by atoms with Crippen LogP contribution in [-0.2, 0) is 38.5 Å². The first-order valence-electron chi connectivity index (χ1n) is 9.76. The number of aromatic nitrogens is 3. The molecule has 0 aliphatic heterocycles. The molecule has 4 rings (SSSR count). The van der Waals surface area contributed by atoms with Crippen LogP contribution in [0.5, 0.6) is 0 Å². The first-order valence-corrected chi connectivity index (χ1v) is 11.5. The van der Waals surface area contributed by atoms with Gasteiger partial charge in [-0.1, -0.05) is 0 Å². The third kappa shape index (κ3) is 4.16. The number of rotatable bonds is 3. The summed E-state index contributed by atoms with van der Waals surface area (Å²) in [5, 5.41) is 3.09. The van der Waals surface area contributed by atoms with E-state index in [-0.39, 0.29) is 22.3 Å². The van der Waals surface area contributed by atoms with E-state index in [4.69, 9.17) is 0 Å². The minimum atomic E-state index is -5.23. The van der Waals surface area contributed by atoms with E-state index in [0.29, 0.717) is 16.5 Å². The maximum absolute atomic E-state index is 14.6. The molecule has 35 heavy (non-hydrogen) atoms. The van der Waals surface area contributed by atoms with Crippen molar-refractivity contribution in [1.29, 1.82) is 0 Å². The summed E-state index contributed by atoms with van der Waals surface area (Å²) >= 11 is 2.00. The molecule has 14 heteroatoms. The van der Waals surface area contributed by atoms with E-state index in [9.17, 15) is 36.3 Å². The van der Waals surface area contributed by atoms with Gasteiger partial charge in [0.15, 0.2) is 4.80 Å². The number of alkyl halides is 3. The molecule has 7 nitrogen and oxygen atoms in total. The summed E-state index contributed by atoms with van der Waals surface area (Å²) < 4.78 is 70.9. The number of carbonyl (C=O) groups is 1. The van der Waals surface area contributed by atoms with E-state index in [2.05, 4.69) is 4.99 Å². The van der Waals surface area contributed by atoms with Crippen LogP contribution in [0, 0.1) is 11.6 Å². The molecule has 0 unspecified atom stereocenters. The smallest absolute Gasteiger partial charge is 0.319 e. The van der Waals surface area contributed by atoms with Crippen molar-refractivity contribution in [3.05, 3.63) is 71.3 Å². The zero-order valence-electron chi connectivity index (χ0n) is 18.2. The molecule has 3 heterocycles. The molecular weight excluding hydrogens is 515 g/mol. The summed E-state index contributed by atoms with van der Waals surface area (Å²) in [6, 6.07) is 1.40. The lowest BCUT2D eigenvalue weighted by Gasteiger charge is -2.12. The van der Waals surface area contributed by atoms with E-state index in [1.807, 2.05) is 0 Å². The molecule has 4 aromatic rings. The van der Waals surface area contributed by atoms with Crippen LogP contribution in [0.4, 0.5) is 22.0 Å². The molecule has 0 saturated heterocycles. The lowest BCUT2D eigenvalue weighted by Crippen LogP contribution is -2.36. The summed E-state index contributed by atoms with van der Waals surface area (Å²) in [4.78, 5) is 41.7.